The molecule has 1 amide bonds. The Hall–Kier alpha value is -2.24. The van der Waals surface area contributed by atoms with Crippen LogP contribution < -0.4 is 16.2 Å². The van der Waals surface area contributed by atoms with Gasteiger partial charge in [0.25, 0.3) is 5.91 Å². The zero-order chi connectivity index (χ0) is 18.9. The van der Waals surface area contributed by atoms with E-state index in [-0.39, 0.29) is 14.7 Å². The maximum Gasteiger partial charge on any atom is 0.417 e. The molecule has 3 aromatic rings. The Morgan fingerprint density at radius 3 is 2.69 bits per heavy atom. The van der Waals surface area contributed by atoms with E-state index in [1.165, 1.54) is 11.3 Å². The van der Waals surface area contributed by atoms with Gasteiger partial charge >= 0.3 is 6.18 Å². The number of nitrogens with one attached hydrogen (secondary N) is 3. The number of halogens is 3. The number of aromatic nitrogens is 1. The van der Waals surface area contributed by atoms with Crippen molar-refractivity contribution in [2.45, 2.75) is 6.18 Å². The van der Waals surface area contributed by atoms with Gasteiger partial charge in [0, 0.05) is 23.7 Å². The van der Waals surface area contributed by atoms with E-state index >= 15 is 0 Å². The second-order valence-electron chi connectivity index (χ2n) is 5.01. The van der Waals surface area contributed by atoms with Crippen LogP contribution in [-0.2, 0) is 6.18 Å². The quantitative estimate of drug-likeness (QED) is 0.438. The summed E-state index contributed by atoms with van der Waals surface area (Å²) in [7, 11) is 1.58. The number of thiocarbonyl (C=S) groups is 1. The van der Waals surface area contributed by atoms with Crippen LogP contribution >= 0.6 is 34.9 Å². The van der Waals surface area contributed by atoms with Gasteiger partial charge in [0.2, 0.25) is 0 Å². The van der Waals surface area contributed by atoms with E-state index in [1.54, 1.807) is 19.2 Å². The molecule has 3 N–H and O–H groups in total. The number of hydrazine groups is 1. The zero-order valence-electron chi connectivity index (χ0n) is 13.1. The van der Waals surface area contributed by atoms with Crippen LogP contribution in [0.4, 0.5) is 13.2 Å². The Balaban J connectivity index is 2.10. The molecule has 0 aliphatic heterocycles. The van der Waals surface area contributed by atoms with Crippen molar-refractivity contribution in [1.82, 2.24) is 21.2 Å². The molecule has 26 heavy (non-hydrogen) atoms. The first-order chi connectivity index (χ1) is 12.3. The third-order valence-corrected chi connectivity index (χ3v) is 5.66. The van der Waals surface area contributed by atoms with Gasteiger partial charge < -0.3 is 5.32 Å². The number of fused-ring (bicyclic) bond motifs is 1. The average molecular weight is 416 g/mol. The standard InChI is InChI=1S/C15H11F3N4OS3/c1-19-14(24)22-21-13(23)12-10(8-3-2-4-25-8)11-9(26-12)5-7(6-20-11)15(16,17)18/h2-6H,1H3,(H,21,23)(H2,19,22,24). The second kappa shape index (κ2) is 7.17. The van der Waals surface area contributed by atoms with E-state index in [0.717, 1.165) is 28.5 Å². The van der Waals surface area contributed by atoms with Crippen molar-refractivity contribution in [3.63, 3.8) is 0 Å². The molecule has 11 heteroatoms. The first-order valence-electron chi connectivity index (χ1n) is 7.13. The summed E-state index contributed by atoms with van der Waals surface area (Å²) < 4.78 is 39.2. The monoisotopic (exact) mass is 416 g/mol. The SMILES string of the molecule is CNC(=S)NNC(=O)c1sc2cc(C(F)(F)F)cnc2c1-c1cccs1. The molecular formula is C15H11F3N4OS3. The summed E-state index contributed by atoms with van der Waals surface area (Å²) >= 11 is 7.21. The number of hydrogen-bond donors (Lipinski definition) is 3. The Bertz CT molecular complexity index is 967. The van der Waals surface area contributed by atoms with Gasteiger partial charge in [0.1, 0.15) is 4.88 Å². The molecule has 136 valence electrons. The summed E-state index contributed by atoms with van der Waals surface area (Å²) in [6, 6.07) is 4.59. The van der Waals surface area contributed by atoms with E-state index in [9.17, 15) is 18.0 Å². The van der Waals surface area contributed by atoms with E-state index in [0.29, 0.717) is 11.1 Å². The lowest BCUT2D eigenvalue weighted by Gasteiger charge is -2.08. The van der Waals surface area contributed by atoms with Gasteiger partial charge in [0.05, 0.1) is 15.8 Å². The minimum Gasteiger partial charge on any atom is -0.364 e. The Morgan fingerprint density at radius 2 is 2.08 bits per heavy atom. The zero-order valence-corrected chi connectivity index (χ0v) is 15.6. The maximum absolute atomic E-state index is 13.0. The van der Waals surface area contributed by atoms with Crippen LogP contribution in [-0.4, -0.2) is 23.1 Å². The summed E-state index contributed by atoms with van der Waals surface area (Å²) in [5.41, 5.74) is 4.94. The third-order valence-electron chi connectivity index (χ3n) is 3.35. The highest BCUT2D eigenvalue weighted by molar-refractivity contribution is 7.80. The van der Waals surface area contributed by atoms with Crippen LogP contribution in [0.1, 0.15) is 15.2 Å². The van der Waals surface area contributed by atoms with Crippen molar-refractivity contribution < 1.29 is 18.0 Å². The number of rotatable bonds is 2. The highest BCUT2D eigenvalue weighted by Crippen LogP contribution is 2.41. The van der Waals surface area contributed by atoms with Crippen LogP contribution in [0.2, 0.25) is 0 Å². The topological polar surface area (TPSA) is 66.0 Å². The van der Waals surface area contributed by atoms with Crippen molar-refractivity contribution in [3.8, 4) is 10.4 Å². The molecule has 0 aliphatic carbocycles. The van der Waals surface area contributed by atoms with Gasteiger partial charge in [-0.1, -0.05) is 6.07 Å². The Kier molecular flexibility index (Phi) is 5.12. The molecule has 3 rings (SSSR count). The van der Waals surface area contributed by atoms with Crippen molar-refractivity contribution in [2.75, 3.05) is 7.05 Å². The molecule has 5 nitrogen and oxygen atoms in total. The largest absolute Gasteiger partial charge is 0.417 e. The lowest BCUT2D eigenvalue weighted by Crippen LogP contribution is -2.45. The first kappa shape index (κ1) is 18.5. The minimum absolute atomic E-state index is 0.203. The lowest BCUT2D eigenvalue weighted by molar-refractivity contribution is -0.137. The van der Waals surface area contributed by atoms with Crippen molar-refractivity contribution >= 4 is 56.1 Å². The van der Waals surface area contributed by atoms with Crippen LogP contribution in [0.5, 0.6) is 0 Å². The number of hydrogen-bond acceptors (Lipinski definition) is 5. The molecular weight excluding hydrogens is 405 g/mol. The smallest absolute Gasteiger partial charge is 0.364 e. The summed E-state index contributed by atoms with van der Waals surface area (Å²) in [6.45, 7) is 0. The minimum atomic E-state index is -4.50. The maximum atomic E-state index is 13.0. The molecule has 3 aromatic heterocycles. The third kappa shape index (κ3) is 3.64. The Morgan fingerprint density at radius 1 is 1.31 bits per heavy atom. The van der Waals surface area contributed by atoms with Gasteiger partial charge in [-0.2, -0.15) is 13.2 Å². The fourth-order valence-electron chi connectivity index (χ4n) is 2.18. The number of pyridine rings is 1. The van der Waals surface area contributed by atoms with Crippen molar-refractivity contribution in [1.29, 1.82) is 0 Å². The van der Waals surface area contributed by atoms with Crippen LogP contribution in [0.25, 0.3) is 20.7 Å². The van der Waals surface area contributed by atoms with Gasteiger partial charge in [-0.05, 0) is 29.7 Å². The summed E-state index contributed by atoms with van der Waals surface area (Å²) in [5.74, 6) is -0.512. The summed E-state index contributed by atoms with van der Waals surface area (Å²) in [5, 5.41) is 4.66. The number of carbonyl (C=O) groups excluding carboxylic acids is 1. The average Bonchev–Trinajstić information content (AvgIpc) is 3.24. The highest BCUT2D eigenvalue weighted by atomic mass is 32.1. The normalized spacial score (nSPS) is 11.4. The number of thiophene rings is 2. The molecule has 3 heterocycles. The molecule has 0 saturated heterocycles. The van der Waals surface area contributed by atoms with Crippen LogP contribution in [0, 0.1) is 0 Å². The van der Waals surface area contributed by atoms with E-state index in [4.69, 9.17) is 12.2 Å². The van der Waals surface area contributed by atoms with Gasteiger partial charge in [-0.15, -0.1) is 22.7 Å². The molecule has 0 aliphatic rings. The Labute approximate surface area is 159 Å². The molecule has 0 fully saturated rings. The van der Waals surface area contributed by atoms with Gasteiger partial charge in [0.15, 0.2) is 5.11 Å². The number of carbonyl (C=O) groups is 1. The fraction of sp³-hybridized carbons (Fsp3) is 0.133. The number of alkyl halides is 3. The molecule has 0 radical (unpaired) electrons. The van der Waals surface area contributed by atoms with E-state index in [1.807, 2.05) is 5.38 Å². The van der Waals surface area contributed by atoms with Gasteiger partial charge in [-0.25, -0.2) is 0 Å². The second-order valence-corrected chi connectivity index (χ2v) is 7.42. The predicted octanol–water partition coefficient (Wildman–Crippen LogP) is 3.78. The van der Waals surface area contributed by atoms with Crippen LogP contribution in [0.15, 0.2) is 29.8 Å². The van der Waals surface area contributed by atoms with Crippen molar-refractivity contribution in [2.24, 2.45) is 0 Å². The van der Waals surface area contributed by atoms with Gasteiger partial charge in [-0.3, -0.25) is 20.6 Å². The number of amides is 1. The molecule has 0 spiro atoms. The fourth-order valence-corrected chi connectivity index (χ4v) is 4.18. The number of nitrogens with zero attached hydrogens (tertiary/aromatic N) is 1. The summed E-state index contributed by atoms with van der Waals surface area (Å²) in [6.07, 6.45) is -3.72. The molecule has 0 unspecified atom stereocenters. The van der Waals surface area contributed by atoms with Crippen LogP contribution in [0.3, 0.4) is 0 Å². The van der Waals surface area contributed by atoms with E-state index in [2.05, 4.69) is 21.2 Å². The highest BCUT2D eigenvalue weighted by Gasteiger charge is 2.32. The first-order valence-corrected chi connectivity index (χ1v) is 9.23. The summed E-state index contributed by atoms with van der Waals surface area (Å²) in [4.78, 5) is 17.5. The molecule has 0 atom stereocenters. The lowest BCUT2D eigenvalue weighted by atomic mass is 10.1. The predicted molar refractivity (Wildman–Crippen MR) is 100 cm³/mol. The van der Waals surface area contributed by atoms with E-state index < -0.39 is 17.6 Å². The molecule has 0 saturated carbocycles. The van der Waals surface area contributed by atoms with Crippen molar-refractivity contribution in [3.05, 3.63) is 40.2 Å². The molecule has 0 bridgehead atoms. The molecule has 0 aromatic carbocycles.